The van der Waals surface area contributed by atoms with Gasteiger partial charge in [0.15, 0.2) is 5.88 Å². The normalized spacial score (nSPS) is 18.2. The maximum absolute atomic E-state index is 9.48. The molecule has 0 unspecified atom stereocenters. The maximum atomic E-state index is 9.48. The van der Waals surface area contributed by atoms with Gasteiger partial charge in [-0.3, -0.25) is 0 Å². The van der Waals surface area contributed by atoms with Gasteiger partial charge in [0.2, 0.25) is 0 Å². The van der Waals surface area contributed by atoms with Gasteiger partial charge in [0, 0.05) is 13.1 Å². The Kier molecular flexibility index (Phi) is 5.31. The van der Waals surface area contributed by atoms with Gasteiger partial charge in [-0.25, -0.2) is 0 Å². The molecule has 0 aliphatic carbocycles. The Labute approximate surface area is 105 Å². The van der Waals surface area contributed by atoms with Gasteiger partial charge in [0.25, 0.3) is 0 Å². The van der Waals surface area contributed by atoms with Gasteiger partial charge in [-0.2, -0.15) is 0 Å². The third kappa shape index (κ3) is 3.63. The van der Waals surface area contributed by atoms with Gasteiger partial charge in [-0.1, -0.05) is 20.8 Å². The molecule has 0 saturated carbocycles. The first-order valence-corrected chi connectivity index (χ1v) is 6.87. The molecule has 1 saturated heterocycles. The number of rotatable bonds is 6. The van der Waals surface area contributed by atoms with Crippen LogP contribution >= 0.6 is 0 Å². The Morgan fingerprint density at radius 2 is 1.71 bits per heavy atom. The van der Waals surface area contributed by atoms with Crippen LogP contribution in [0.1, 0.15) is 52.9 Å². The second kappa shape index (κ2) is 6.29. The predicted molar refractivity (Wildman–Crippen MR) is 70.6 cm³/mol. The molecule has 1 aliphatic heterocycles. The van der Waals surface area contributed by atoms with Gasteiger partial charge in [-0.15, -0.1) is 0 Å². The van der Waals surface area contributed by atoms with Crippen LogP contribution in [0.3, 0.4) is 0 Å². The summed E-state index contributed by atoms with van der Waals surface area (Å²) in [5, 5.41) is 9.48. The minimum atomic E-state index is -0.146. The average Bonchev–Trinajstić information content (AvgIpc) is 2.37. The van der Waals surface area contributed by atoms with Crippen molar-refractivity contribution in [3.8, 4) is 0 Å². The first-order valence-electron chi connectivity index (χ1n) is 6.87. The topological polar surface area (TPSA) is 32.7 Å². The molecule has 0 aromatic heterocycles. The fourth-order valence-corrected chi connectivity index (χ4v) is 2.40. The highest BCUT2D eigenvalue weighted by atomic mass is 16.5. The summed E-state index contributed by atoms with van der Waals surface area (Å²) in [5.41, 5.74) is -0.0624. The molecule has 0 bridgehead atoms. The molecule has 17 heavy (non-hydrogen) atoms. The highest BCUT2D eigenvalue weighted by molar-refractivity contribution is 4.92. The second-order valence-electron chi connectivity index (χ2n) is 4.96. The molecular formula is C14H27NO2. The number of hydrogen-bond acceptors (Lipinski definition) is 3. The quantitative estimate of drug-likeness (QED) is 0.726. The lowest BCUT2D eigenvalue weighted by molar-refractivity contribution is -0.0534. The van der Waals surface area contributed by atoms with Crippen LogP contribution in [0.15, 0.2) is 12.5 Å². The van der Waals surface area contributed by atoms with Gasteiger partial charge in [0.1, 0.15) is 5.60 Å². The first kappa shape index (κ1) is 14.4. The molecule has 0 radical (unpaired) electrons. The third-order valence-corrected chi connectivity index (χ3v) is 4.08. The van der Waals surface area contributed by atoms with Crippen LogP contribution in [-0.4, -0.2) is 34.8 Å². The summed E-state index contributed by atoms with van der Waals surface area (Å²) < 4.78 is 6.11. The van der Waals surface area contributed by atoms with Gasteiger partial charge >= 0.3 is 0 Å². The number of aliphatic hydroxyl groups excluding tert-OH is 1. The molecule has 1 rings (SSSR count). The zero-order valence-corrected chi connectivity index (χ0v) is 11.5. The van der Waals surface area contributed by atoms with Crippen molar-refractivity contribution < 1.29 is 9.84 Å². The summed E-state index contributed by atoms with van der Waals surface area (Å²) in [6.45, 7) is 12.3. The number of likely N-dealkylation sites (tertiary alicyclic amines) is 1. The summed E-state index contributed by atoms with van der Waals surface area (Å²) >= 11 is 0. The van der Waals surface area contributed by atoms with E-state index >= 15 is 0 Å². The molecule has 3 nitrogen and oxygen atoms in total. The molecule has 0 amide bonds. The van der Waals surface area contributed by atoms with E-state index in [-0.39, 0.29) is 11.7 Å². The van der Waals surface area contributed by atoms with Crippen LogP contribution in [-0.2, 0) is 4.74 Å². The highest BCUT2D eigenvalue weighted by Crippen LogP contribution is 2.29. The number of aliphatic hydroxyl groups is 1. The fourth-order valence-electron chi connectivity index (χ4n) is 2.40. The van der Waals surface area contributed by atoms with Gasteiger partial charge in [-0.05, 0) is 38.7 Å². The van der Waals surface area contributed by atoms with Crippen molar-refractivity contribution in [2.45, 2.75) is 64.6 Å². The fraction of sp³-hybridized carbons (Fsp3) is 0.857. The largest absolute Gasteiger partial charge is 0.473 e. The van der Waals surface area contributed by atoms with Crippen LogP contribution in [0.4, 0.5) is 0 Å². The van der Waals surface area contributed by atoms with Crippen LogP contribution in [0, 0.1) is 0 Å². The highest BCUT2D eigenvalue weighted by Gasteiger charge is 2.29. The molecule has 1 fully saturated rings. The monoisotopic (exact) mass is 241 g/mol. The molecule has 0 spiro atoms. The lowest BCUT2D eigenvalue weighted by atomic mass is 9.94. The van der Waals surface area contributed by atoms with Crippen molar-refractivity contribution in [1.82, 2.24) is 4.90 Å². The Bertz CT molecular complexity index is 232. The van der Waals surface area contributed by atoms with E-state index in [1.54, 1.807) is 0 Å². The Morgan fingerprint density at radius 1 is 1.24 bits per heavy atom. The second-order valence-corrected chi connectivity index (χ2v) is 4.96. The molecular weight excluding hydrogens is 214 g/mol. The summed E-state index contributed by atoms with van der Waals surface area (Å²) in [6.07, 6.45) is 4.52. The van der Waals surface area contributed by atoms with Crippen LogP contribution < -0.4 is 0 Å². The van der Waals surface area contributed by atoms with Crippen molar-refractivity contribution >= 4 is 0 Å². The van der Waals surface area contributed by atoms with E-state index in [1.165, 1.54) is 0 Å². The number of nitrogens with zero attached hydrogens (tertiary/aromatic N) is 1. The van der Waals surface area contributed by atoms with E-state index in [0.717, 1.165) is 51.1 Å². The van der Waals surface area contributed by atoms with Crippen LogP contribution in [0.25, 0.3) is 0 Å². The standard InChI is InChI=1S/C14H27NO2/c1-5-14(6-2,7-3)17-12(4)15-10-8-13(16)9-11-15/h13,16H,4-11H2,1-3H3. The molecule has 100 valence electrons. The van der Waals surface area contributed by atoms with E-state index in [9.17, 15) is 5.11 Å². The zero-order chi connectivity index (χ0) is 12.9. The van der Waals surface area contributed by atoms with E-state index in [0.29, 0.717) is 0 Å². The van der Waals surface area contributed by atoms with E-state index < -0.39 is 0 Å². The number of piperidine rings is 1. The van der Waals surface area contributed by atoms with Crippen LogP contribution in [0.2, 0.25) is 0 Å². The smallest absolute Gasteiger partial charge is 0.182 e. The SMILES string of the molecule is C=C(OC(CC)(CC)CC)N1CCC(O)CC1. The molecule has 1 N–H and O–H groups in total. The van der Waals surface area contributed by atoms with E-state index in [1.807, 2.05) is 0 Å². The Hall–Kier alpha value is -0.700. The summed E-state index contributed by atoms with van der Waals surface area (Å²) in [7, 11) is 0. The van der Waals surface area contributed by atoms with Crippen molar-refractivity contribution in [3.05, 3.63) is 12.5 Å². The number of ether oxygens (including phenoxy) is 1. The van der Waals surface area contributed by atoms with E-state index in [2.05, 4.69) is 32.3 Å². The molecule has 1 aliphatic rings. The van der Waals surface area contributed by atoms with Crippen molar-refractivity contribution in [1.29, 1.82) is 0 Å². The molecule has 1 heterocycles. The lowest BCUT2D eigenvalue weighted by Crippen LogP contribution is -2.39. The molecule has 0 aromatic carbocycles. The summed E-state index contributed by atoms with van der Waals surface area (Å²) in [6, 6.07) is 0. The first-order chi connectivity index (χ1) is 8.06. The average molecular weight is 241 g/mol. The van der Waals surface area contributed by atoms with Gasteiger partial charge < -0.3 is 14.7 Å². The Balaban J connectivity index is 2.53. The van der Waals surface area contributed by atoms with Gasteiger partial charge in [0.05, 0.1) is 6.10 Å². The lowest BCUT2D eigenvalue weighted by Gasteiger charge is -2.38. The van der Waals surface area contributed by atoms with Crippen molar-refractivity contribution in [2.24, 2.45) is 0 Å². The number of hydrogen-bond donors (Lipinski definition) is 1. The molecule has 0 aromatic rings. The minimum absolute atomic E-state index is 0.0624. The van der Waals surface area contributed by atoms with Crippen molar-refractivity contribution in [2.75, 3.05) is 13.1 Å². The third-order valence-electron chi connectivity index (χ3n) is 4.08. The summed E-state index contributed by atoms with van der Waals surface area (Å²) in [5.74, 6) is 0.780. The molecule has 3 heteroatoms. The Morgan fingerprint density at radius 3 is 2.12 bits per heavy atom. The van der Waals surface area contributed by atoms with E-state index in [4.69, 9.17) is 4.74 Å². The molecule has 0 atom stereocenters. The zero-order valence-electron chi connectivity index (χ0n) is 11.5. The summed E-state index contributed by atoms with van der Waals surface area (Å²) in [4.78, 5) is 2.16. The predicted octanol–water partition coefficient (Wildman–Crippen LogP) is 2.90. The van der Waals surface area contributed by atoms with Crippen LogP contribution in [0.5, 0.6) is 0 Å². The maximum Gasteiger partial charge on any atom is 0.182 e. The minimum Gasteiger partial charge on any atom is -0.473 e. The van der Waals surface area contributed by atoms with Crippen molar-refractivity contribution in [3.63, 3.8) is 0 Å².